The van der Waals surface area contributed by atoms with Crippen molar-refractivity contribution in [1.29, 1.82) is 0 Å². The number of alkyl halides is 3. The molecule has 2 aliphatic heterocycles. The minimum Gasteiger partial charge on any atom is -0.378 e. The Morgan fingerprint density at radius 3 is 2.42 bits per heavy atom. The van der Waals surface area contributed by atoms with Crippen LogP contribution in [0, 0.1) is 0 Å². The number of nitrogens with two attached hydrogens (primary N) is 1. The Labute approximate surface area is 164 Å². The molecule has 10 heteroatoms. The summed E-state index contributed by atoms with van der Waals surface area (Å²) in [6, 6.07) is 2.29. The minimum atomic E-state index is -4.56. The Hall–Kier alpha value is -1.03. The van der Waals surface area contributed by atoms with Crippen molar-refractivity contribution in [1.82, 2.24) is 4.90 Å². The molecule has 0 saturated carbocycles. The number of rotatable bonds is 2. The van der Waals surface area contributed by atoms with Crippen molar-refractivity contribution in [3.05, 3.63) is 27.7 Å². The maximum absolute atomic E-state index is 13.6. The third-order valence-electron chi connectivity index (χ3n) is 4.45. The van der Waals surface area contributed by atoms with Gasteiger partial charge in [0.05, 0.1) is 30.0 Å². The summed E-state index contributed by atoms with van der Waals surface area (Å²) in [5.41, 5.74) is 5.05. The molecule has 2 fully saturated rings. The number of nitrogens with zero attached hydrogens (tertiary/aromatic N) is 2. The first-order chi connectivity index (χ1) is 11.8. The molecule has 2 saturated heterocycles. The second-order valence-corrected chi connectivity index (χ2v) is 7.16. The summed E-state index contributed by atoms with van der Waals surface area (Å²) in [5, 5.41) is 0. The Morgan fingerprint density at radius 1 is 1.23 bits per heavy atom. The van der Waals surface area contributed by atoms with Crippen LogP contribution in [0.15, 0.2) is 16.6 Å². The van der Waals surface area contributed by atoms with E-state index in [1.807, 2.05) is 0 Å². The molecule has 3 rings (SSSR count). The molecule has 0 bridgehead atoms. The molecular weight excluding hydrogens is 439 g/mol. The van der Waals surface area contributed by atoms with Gasteiger partial charge >= 0.3 is 6.18 Å². The van der Waals surface area contributed by atoms with Crippen molar-refractivity contribution < 1.29 is 22.7 Å². The lowest BCUT2D eigenvalue weighted by Crippen LogP contribution is -2.41. The SMILES string of the molecule is Cl.NC1CCN(c2c(C(=O)N3CCOCC3)cc(Br)cc2C(F)(F)F)C1. The highest BCUT2D eigenvalue weighted by molar-refractivity contribution is 9.10. The summed E-state index contributed by atoms with van der Waals surface area (Å²) in [5.74, 6) is -0.412. The van der Waals surface area contributed by atoms with Crippen molar-refractivity contribution in [2.45, 2.75) is 18.6 Å². The van der Waals surface area contributed by atoms with Crippen LogP contribution in [0.25, 0.3) is 0 Å². The van der Waals surface area contributed by atoms with Crippen molar-refractivity contribution in [3.8, 4) is 0 Å². The van der Waals surface area contributed by atoms with Crippen LogP contribution in [-0.2, 0) is 10.9 Å². The maximum atomic E-state index is 13.6. The topological polar surface area (TPSA) is 58.8 Å². The van der Waals surface area contributed by atoms with Crippen LogP contribution in [0.4, 0.5) is 18.9 Å². The molecular formula is C16H20BrClF3N3O2. The summed E-state index contributed by atoms with van der Waals surface area (Å²) in [4.78, 5) is 16.0. The fourth-order valence-corrected chi connectivity index (χ4v) is 3.70. The molecule has 26 heavy (non-hydrogen) atoms. The largest absolute Gasteiger partial charge is 0.418 e. The van der Waals surface area contributed by atoms with E-state index in [4.69, 9.17) is 10.5 Å². The van der Waals surface area contributed by atoms with Crippen LogP contribution in [0.5, 0.6) is 0 Å². The van der Waals surface area contributed by atoms with E-state index in [2.05, 4.69) is 15.9 Å². The molecule has 2 aliphatic rings. The number of carbonyl (C=O) groups excluding carboxylic acids is 1. The normalized spacial score (nSPS) is 20.9. The van der Waals surface area contributed by atoms with Crippen LogP contribution in [0.1, 0.15) is 22.3 Å². The summed E-state index contributed by atoms with van der Waals surface area (Å²) in [6.07, 6.45) is -3.97. The average Bonchev–Trinajstić information content (AvgIpc) is 2.99. The van der Waals surface area contributed by atoms with E-state index in [1.54, 1.807) is 4.90 Å². The van der Waals surface area contributed by atoms with Crippen LogP contribution < -0.4 is 10.6 Å². The lowest BCUT2D eigenvalue weighted by Gasteiger charge is -2.31. The van der Waals surface area contributed by atoms with Gasteiger partial charge in [0, 0.05) is 36.7 Å². The molecule has 1 aromatic carbocycles. The second-order valence-electron chi connectivity index (χ2n) is 6.25. The minimum absolute atomic E-state index is 0. The Bertz CT molecular complexity index is 669. The number of halogens is 5. The first-order valence-electron chi connectivity index (χ1n) is 8.05. The predicted molar refractivity (Wildman–Crippen MR) is 97.9 cm³/mol. The monoisotopic (exact) mass is 457 g/mol. The lowest BCUT2D eigenvalue weighted by atomic mass is 10.0. The molecule has 0 aliphatic carbocycles. The van der Waals surface area contributed by atoms with Gasteiger partial charge in [0.25, 0.3) is 5.91 Å². The smallest absolute Gasteiger partial charge is 0.378 e. The van der Waals surface area contributed by atoms with Crippen molar-refractivity contribution >= 4 is 39.9 Å². The van der Waals surface area contributed by atoms with Crippen LogP contribution in [0.3, 0.4) is 0 Å². The Kier molecular flexibility index (Phi) is 6.81. The number of hydrogen-bond acceptors (Lipinski definition) is 4. The molecule has 0 radical (unpaired) electrons. The molecule has 2 heterocycles. The fraction of sp³-hybridized carbons (Fsp3) is 0.562. The van der Waals surface area contributed by atoms with E-state index in [-0.39, 0.29) is 34.2 Å². The zero-order valence-corrected chi connectivity index (χ0v) is 16.3. The second kappa shape index (κ2) is 8.33. The quantitative estimate of drug-likeness (QED) is 0.740. The van der Waals surface area contributed by atoms with E-state index in [1.165, 1.54) is 11.0 Å². The molecule has 0 spiro atoms. The van der Waals surface area contributed by atoms with Crippen LogP contribution in [-0.4, -0.2) is 56.2 Å². The van der Waals surface area contributed by atoms with Gasteiger partial charge in [-0.15, -0.1) is 12.4 Å². The first-order valence-corrected chi connectivity index (χ1v) is 8.85. The van der Waals surface area contributed by atoms with Gasteiger partial charge in [-0.3, -0.25) is 4.79 Å². The lowest BCUT2D eigenvalue weighted by molar-refractivity contribution is -0.137. The fourth-order valence-electron chi connectivity index (χ4n) is 3.25. The van der Waals surface area contributed by atoms with Gasteiger partial charge in [-0.1, -0.05) is 15.9 Å². The van der Waals surface area contributed by atoms with Gasteiger partial charge < -0.3 is 20.3 Å². The van der Waals surface area contributed by atoms with E-state index in [9.17, 15) is 18.0 Å². The Balaban J connectivity index is 0.00000243. The highest BCUT2D eigenvalue weighted by Gasteiger charge is 2.39. The van der Waals surface area contributed by atoms with Gasteiger partial charge in [0.1, 0.15) is 0 Å². The highest BCUT2D eigenvalue weighted by Crippen LogP contribution is 2.42. The number of anilines is 1. The number of benzene rings is 1. The number of morpholine rings is 1. The molecule has 146 valence electrons. The summed E-state index contributed by atoms with van der Waals surface area (Å²) < 4.78 is 46.4. The van der Waals surface area contributed by atoms with Crippen molar-refractivity contribution in [2.75, 3.05) is 44.3 Å². The van der Waals surface area contributed by atoms with Gasteiger partial charge in [-0.2, -0.15) is 13.2 Å². The van der Waals surface area contributed by atoms with Crippen molar-refractivity contribution in [3.63, 3.8) is 0 Å². The summed E-state index contributed by atoms with van der Waals surface area (Å²) in [7, 11) is 0. The maximum Gasteiger partial charge on any atom is 0.418 e. The van der Waals surface area contributed by atoms with Gasteiger partial charge in [0.2, 0.25) is 0 Å². The predicted octanol–water partition coefficient (Wildman–Crippen LogP) is 2.90. The molecule has 1 amide bonds. The number of hydrogen-bond donors (Lipinski definition) is 1. The van der Waals surface area contributed by atoms with Crippen molar-refractivity contribution in [2.24, 2.45) is 5.73 Å². The van der Waals surface area contributed by atoms with E-state index < -0.39 is 17.6 Å². The van der Waals surface area contributed by atoms with E-state index in [0.29, 0.717) is 45.8 Å². The molecule has 0 aromatic heterocycles. The number of ether oxygens (including phenoxy) is 1. The summed E-state index contributed by atoms with van der Waals surface area (Å²) >= 11 is 3.11. The van der Waals surface area contributed by atoms with Gasteiger partial charge in [0.15, 0.2) is 0 Å². The van der Waals surface area contributed by atoms with Gasteiger partial charge in [-0.05, 0) is 18.6 Å². The Morgan fingerprint density at radius 2 is 1.88 bits per heavy atom. The zero-order valence-electron chi connectivity index (χ0n) is 13.9. The number of amides is 1. The van der Waals surface area contributed by atoms with Gasteiger partial charge in [-0.25, -0.2) is 0 Å². The molecule has 1 aromatic rings. The third kappa shape index (κ3) is 4.44. The molecule has 2 N–H and O–H groups in total. The molecule has 1 atom stereocenters. The highest BCUT2D eigenvalue weighted by atomic mass is 79.9. The third-order valence-corrected chi connectivity index (χ3v) is 4.91. The van der Waals surface area contributed by atoms with E-state index >= 15 is 0 Å². The van der Waals surface area contributed by atoms with Crippen LogP contribution in [0.2, 0.25) is 0 Å². The molecule has 1 unspecified atom stereocenters. The van der Waals surface area contributed by atoms with Crippen LogP contribution >= 0.6 is 28.3 Å². The van der Waals surface area contributed by atoms with E-state index in [0.717, 1.165) is 6.07 Å². The average molecular weight is 459 g/mol. The molecule has 5 nitrogen and oxygen atoms in total. The number of carbonyl (C=O) groups is 1. The first kappa shape index (κ1) is 21.3. The summed E-state index contributed by atoms with van der Waals surface area (Å²) in [6.45, 7) is 2.20. The zero-order chi connectivity index (χ0) is 18.2. The standard InChI is InChI=1S/C16H19BrF3N3O2.ClH/c17-10-7-12(15(24)22-3-5-25-6-4-22)14(13(8-10)16(18,19)20)23-2-1-11(21)9-23;/h7-8,11H,1-6,9,21H2;1H.